The standard InChI is InChI=1S/C18H27ClN2O2/c1-14(2)5-7-21-9-8-20(13-17(21)6-10-22)12-15-11-16(19)3-4-18(15)23/h3-5,11,17,22-23H,6-10,12-13H2,1-2H3/t17-/m0/s1. The van der Waals surface area contributed by atoms with Crippen LogP contribution in [0.15, 0.2) is 29.8 Å². The summed E-state index contributed by atoms with van der Waals surface area (Å²) in [7, 11) is 0. The van der Waals surface area contributed by atoms with Crippen molar-refractivity contribution in [1.82, 2.24) is 9.80 Å². The van der Waals surface area contributed by atoms with E-state index in [1.165, 1.54) is 5.57 Å². The Kier molecular flexibility index (Phi) is 6.90. The van der Waals surface area contributed by atoms with Crippen LogP contribution in [0.4, 0.5) is 0 Å². The Morgan fingerprint density at radius 2 is 2.13 bits per heavy atom. The highest BCUT2D eigenvalue weighted by atomic mass is 35.5. The predicted octanol–water partition coefficient (Wildman–Crippen LogP) is 2.88. The Bertz CT molecular complexity index is 544. The number of piperazine rings is 1. The first-order chi connectivity index (χ1) is 11.0. The average Bonchev–Trinajstić information content (AvgIpc) is 2.50. The molecule has 1 fully saturated rings. The molecule has 1 atom stereocenters. The molecule has 0 saturated carbocycles. The van der Waals surface area contributed by atoms with Crippen molar-refractivity contribution in [2.75, 3.05) is 32.8 Å². The first-order valence-corrected chi connectivity index (χ1v) is 8.55. The second-order valence-electron chi connectivity index (χ2n) is 6.45. The van der Waals surface area contributed by atoms with E-state index >= 15 is 0 Å². The molecule has 0 bridgehead atoms. The first kappa shape index (κ1) is 18.3. The van der Waals surface area contributed by atoms with Gasteiger partial charge < -0.3 is 10.2 Å². The fourth-order valence-electron chi connectivity index (χ4n) is 2.99. The van der Waals surface area contributed by atoms with Gasteiger partial charge in [-0.25, -0.2) is 0 Å². The molecule has 0 radical (unpaired) electrons. The second kappa shape index (κ2) is 8.69. The maximum absolute atomic E-state index is 9.99. The Morgan fingerprint density at radius 1 is 1.35 bits per heavy atom. The van der Waals surface area contributed by atoms with Gasteiger partial charge in [-0.2, -0.15) is 0 Å². The normalized spacial score (nSPS) is 19.7. The molecule has 0 unspecified atom stereocenters. The molecule has 128 valence electrons. The molecule has 0 aliphatic carbocycles. The van der Waals surface area contributed by atoms with Gasteiger partial charge in [-0.05, 0) is 38.5 Å². The van der Waals surface area contributed by atoms with Gasteiger partial charge in [-0.3, -0.25) is 9.80 Å². The molecular formula is C18H27ClN2O2. The molecule has 1 heterocycles. The first-order valence-electron chi connectivity index (χ1n) is 8.17. The van der Waals surface area contributed by atoms with E-state index in [0.717, 1.165) is 38.2 Å². The van der Waals surface area contributed by atoms with Crippen molar-refractivity contribution >= 4 is 11.6 Å². The van der Waals surface area contributed by atoms with Crippen molar-refractivity contribution < 1.29 is 10.2 Å². The van der Waals surface area contributed by atoms with Gasteiger partial charge >= 0.3 is 0 Å². The summed E-state index contributed by atoms with van der Waals surface area (Å²) in [4.78, 5) is 4.75. The minimum atomic E-state index is 0.201. The van der Waals surface area contributed by atoms with E-state index in [9.17, 15) is 10.2 Å². The monoisotopic (exact) mass is 338 g/mol. The highest BCUT2D eigenvalue weighted by molar-refractivity contribution is 6.30. The molecule has 4 nitrogen and oxygen atoms in total. The maximum Gasteiger partial charge on any atom is 0.120 e. The molecule has 0 amide bonds. The number of hydrogen-bond acceptors (Lipinski definition) is 4. The molecule has 5 heteroatoms. The van der Waals surface area contributed by atoms with Crippen molar-refractivity contribution in [3.63, 3.8) is 0 Å². The Morgan fingerprint density at radius 3 is 2.83 bits per heavy atom. The van der Waals surface area contributed by atoms with Crippen molar-refractivity contribution in [2.24, 2.45) is 0 Å². The summed E-state index contributed by atoms with van der Waals surface area (Å²) < 4.78 is 0. The van der Waals surface area contributed by atoms with Crippen LogP contribution >= 0.6 is 11.6 Å². The van der Waals surface area contributed by atoms with Crippen LogP contribution in [0, 0.1) is 0 Å². The number of aliphatic hydroxyl groups excluding tert-OH is 1. The zero-order valence-corrected chi connectivity index (χ0v) is 14.8. The molecule has 0 spiro atoms. The van der Waals surface area contributed by atoms with Gasteiger partial charge in [0.25, 0.3) is 0 Å². The fourth-order valence-corrected chi connectivity index (χ4v) is 3.18. The lowest BCUT2D eigenvalue weighted by Crippen LogP contribution is -2.53. The molecule has 23 heavy (non-hydrogen) atoms. The molecule has 1 aliphatic heterocycles. The van der Waals surface area contributed by atoms with E-state index in [0.29, 0.717) is 23.4 Å². The third-order valence-corrected chi connectivity index (χ3v) is 4.56. The van der Waals surface area contributed by atoms with Gasteiger partial charge in [0.1, 0.15) is 5.75 Å². The van der Waals surface area contributed by atoms with Crippen molar-refractivity contribution in [1.29, 1.82) is 0 Å². The second-order valence-corrected chi connectivity index (χ2v) is 6.89. The summed E-state index contributed by atoms with van der Waals surface area (Å²) in [5, 5.41) is 20.0. The van der Waals surface area contributed by atoms with Gasteiger partial charge in [0.15, 0.2) is 0 Å². The molecular weight excluding hydrogens is 312 g/mol. The van der Waals surface area contributed by atoms with Crippen LogP contribution in [-0.4, -0.2) is 58.8 Å². The summed E-state index contributed by atoms with van der Waals surface area (Å²) in [6, 6.07) is 5.51. The largest absolute Gasteiger partial charge is 0.508 e. The van der Waals surface area contributed by atoms with Gasteiger partial charge in [-0.1, -0.05) is 23.3 Å². The number of allylic oxidation sites excluding steroid dienone is 1. The lowest BCUT2D eigenvalue weighted by atomic mass is 10.1. The molecule has 1 aromatic rings. The Hall–Kier alpha value is -1.07. The summed E-state index contributed by atoms with van der Waals surface area (Å²) in [5.41, 5.74) is 2.18. The molecule has 1 saturated heterocycles. The van der Waals surface area contributed by atoms with Crippen LogP contribution in [-0.2, 0) is 6.54 Å². The molecule has 2 rings (SSSR count). The molecule has 0 aromatic heterocycles. The summed E-state index contributed by atoms with van der Waals surface area (Å²) in [6.45, 7) is 8.85. The van der Waals surface area contributed by atoms with Gasteiger partial charge in [0, 0.05) is 56.0 Å². The number of hydrogen-bond donors (Lipinski definition) is 2. The molecule has 1 aliphatic rings. The van der Waals surface area contributed by atoms with Crippen LogP contribution in [0.1, 0.15) is 25.8 Å². The number of rotatable bonds is 6. The van der Waals surface area contributed by atoms with E-state index in [1.807, 2.05) is 6.07 Å². The third kappa shape index (κ3) is 5.50. The number of phenolic OH excluding ortho intramolecular Hbond substituents is 1. The zero-order valence-electron chi connectivity index (χ0n) is 14.0. The van der Waals surface area contributed by atoms with Crippen LogP contribution in [0.25, 0.3) is 0 Å². The topological polar surface area (TPSA) is 46.9 Å². The Labute approximate surface area is 144 Å². The van der Waals surface area contributed by atoms with Crippen LogP contribution < -0.4 is 0 Å². The van der Waals surface area contributed by atoms with Crippen molar-refractivity contribution in [2.45, 2.75) is 32.9 Å². The number of halogens is 1. The smallest absolute Gasteiger partial charge is 0.120 e. The molecule has 1 aromatic carbocycles. The number of nitrogens with zero attached hydrogens (tertiary/aromatic N) is 2. The summed E-state index contributed by atoms with van der Waals surface area (Å²) in [6.07, 6.45) is 3.01. The van der Waals surface area contributed by atoms with E-state index in [-0.39, 0.29) is 6.61 Å². The maximum atomic E-state index is 9.99. The van der Waals surface area contributed by atoms with E-state index in [2.05, 4.69) is 29.7 Å². The minimum Gasteiger partial charge on any atom is -0.508 e. The lowest BCUT2D eigenvalue weighted by Gasteiger charge is -2.41. The zero-order chi connectivity index (χ0) is 16.8. The Balaban J connectivity index is 2.00. The van der Waals surface area contributed by atoms with E-state index < -0.39 is 0 Å². The average molecular weight is 339 g/mol. The van der Waals surface area contributed by atoms with Crippen molar-refractivity contribution in [3.8, 4) is 5.75 Å². The number of phenols is 1. The highest BCUT2D eigenvalue weighted by Crippen LogP contribution is 2.24. The van der Waals surface area contributed by atoms with E-state index in [4.69, 9.17) is 11.6 Å². The number of aliphatic hydroxyl groups is 1. The van der Waals surface area contributed by atoms with Crippen LogP contribution in [0.5, 0.6) is 5.75 Å². The van der Waals surface area contributed by atoms with Crippen molar-refractivity contribution in [3.05, 3.63) is 40.4 Å². The summed E-state index contributed by atoms with van der Waals surface area (Å²) >= 11 is 6.03. The quantitative estimate of drug-likeness (QED) is 0.783. The predicted molar refractivity (Wildman–Crippen MR) is 94.9 cm³/mol. The summed E-state index contributed by atoms with van der Waals surface area (Å²) in [5.74, 6) is 0.292. The van der Waals surface area contributed by atoms with Crippen LogP contribution in [0.2, 0.25) is 5.02 Å². The molecule has 2 N–H and O–H groups in total. The fraction of sp³-hybridized carbons (Fsp3) is 0.556. The van der Waals surface area contributed by atoms with Crippen LogP contribution in [0.3, 0.4) is 0 Å². The van der Waals surface area contributed by atoms with Gasteiger partial charge in [-0.15, -0.1) is 0 Å². The van der Waals surface area contributed by atoms with E-state index in [1.54, 1.807) is 12.1 Å². The number of aromatic hydroxyl groups is 1. The third-order valence-electron chi connectivity index (χ3n) is 4.32. The van der Waals surface area contributed by atoms with Gasteiger partial charge in [0.2, 0.25) is 0 Å². The minimum absolute atomic E-state index is 0.201. The number of benzene rings is 1. The lowest BCUT2D eigenvalue weighted by molar-refractivity contribution is 0.0633. The SMILES string of the molecule is CC(C)=CCN1CCN(Cc2cc(Cl)ccc2O)C[C@@H]1CCO. The highest BCUT2D eigenvalue weighted by Gasteiger charge is 2.26. The van der Waals surface area contributed by atoms with Gasteiger partial charge in [0.05, 0.1) is 0 Å².